The van der Waals surface area contributed by atoms with Crippen LogP contribution in [0.3, 0.4) is 0 Å². The Bertz CT molecular complexity index is 236. The average Bonchev–Trinajstić information content (AvgIpc) is 2.34. The van der Waals surface area contributed by atoms with E-state index in [9.17, 15) is 0 Å². The number of nitrogens with one attached hydrogen (secondary N) is 1. The second-order valence-electron chi connectivity index (χ2n) is 6.64. The number of nitrogens with zero attached hydrogens (tertiary/aromatic N) is 2. The molecule has 3 nitrogen and oxygen atoms in total. The molecule has 0 aromatic carbocycles. The maximum Gasteiger partial charge on any atom is 0.0198 e. The normalized spacial score (nSPS) is 33.2. The number of rotatable bonds is 3. The van der Waals surface area contributed by atoms with Crippen LogP contribution in [0.25, 0.3) is 0 Å². The van der Waals surface area contributed by atoms with E-state index in [1.807, 2.05) is 0 Å². The Labute approximate surface area is 113 Å². The van der Waals surface area contributed by atoms with E-state index in [1.165, 1.54) is 45.6 Å². The average molecular weight is 253 g/mol. The van der Waals surface area contributed by atoms with Gasteiger partial charge < -0.3 is 5.32 Å². The molecule has 2 heterocycles. The molecule has 0 saturated carbocycles. The lowest BCUT2D eigenvalue weighted by Gasteiger charge is -2.47. The van der Waals surface area contributed by atoms with Crippen LogP contribution in [0.1, 0.15) is 40.5 Å². The van der Waals surface area contributed by atoms with E-state index < -0.39 is 0 Å². The lowest BCUT2D eigenvalue weighted by atomic mass is 9.95. The molecular weight excluding hydrogens is 222 g/mol. The molecule has 18 heavy (non-hydrogen) atoms. The van der Waals surface area contributed by atoms with E-state index in [0.29, 0.717) is 18.1 Å². The standard InChI is InChI=1S/C15H31N3/c1-12(2)17-9-13(3)18(14(4)10-17)11-15-5-7-16-8-6-15/h12-16H,5-11H2,1-4H3. The molecule has 3 heteroatoms. The summed E-state index contributed by atoms with van der Waals surface area (Å²) < 4.78 is 0. The topological polar surface area (TPSA) is 18.5 Å². The van der Waals surface area contributed by atoms with Gasteiger partial charge in [0, 0.05) is 37.8 Å². The zero-order chi connectivity index (χ0) is 13.1. The first-order chi connectivity index (χ1) is 8.58. The fourth-order valence-electron chi connectivity index (χ4n) is 3.54. The van der Waals surface area contributed by atoms with E-state index in [1.54, 1.807) is 0 Å². The fraction of sp³-hybridized carbons (Fsp3) is 1.00. The van der Waals surface area contributed by atoms with Gasteiger partial charge in [-0.05, 0) is 59.5 Å². The van der Waals surface area contributed by atoms with E-state index in [4.69, 9.17) is 0 Å². The van der Waals surface area contributed by atoms with Crippen molar-refractivity contribution in [2.45, 2.75) is 58.7 Å². The van der Waals surface area contributed by atoms with Gasteiger partial charge in [0.1, 0.15) is 0 Å². The molecule has 1 N–H and O–H groups in total. The molecular formula is C15H31N3. The van der Waals surface area contributed by atoms with Crippen LogP contribution in [0.5, 0.6) is 0 Å². The molecule has 2 saturated heterocycles. The minimum atomic E-state index is 0.691. The highest BCUT2D eigenvalue weighted by Gasteiger charge is 2.31. The van der Waals surface area contributed by atoms with Gasteiger partial charge in [-0.3, -0.25) is 9.80 Å². The fourth-order valence-corrected chi connectivity index (χ4v) is 3.54. The molecule has 2 fully saturated rings. The van der Waals surface area contributed by atoms with Gasteiger partial charge in [-0.25, -0.2) is 0 Å². The van der Waals surface area contributed by atoms with Crippen LogP contribution in [0, 0.1) is 5.92 Å². The van der Waals surface area contributed by atoms with E-state index in [-0.39, 0.29) is 0 Å². The Morgan fingerprint density at radius 2 is 1.61 bits per heavy atom. The highest BCUT2D eigenvalue weighted by Crippen LogP contribution is 2.22. The number of hydrogen-bond acceptors (Lipinski definition) is 3. The molecule has 2 rings (SSSR count). The zero-order valence-corrected chi connectivity index (χ0v) is 12.7. The smallest absolute Gasteiger partial charge is 0.0198 e. The Hall–Kier alpha value is -0.120. The predicted octanol–water partition coefficient (Wildman–Crippen LogP) is 1.79. The number of piperazine rings is 1. The van der Waals surface area contributed by atoms with Crippen molar-refractivity contribution in [3.8, 4) is 0 Å². The highest BCUT2D eigenvalue weighted by molar-refractivity contribution is 4.88. The third-order valence-corrected chi connectivity index (χ3v) is 4.79. The molecule has 2 aliphatic heterocycles. The van der Waals surface area contributed by atoms with Crippen molar-refractivity contribution in [2.24, 2.45) is 5.92 Å². The SMILES string of the molecule is CC(C)N1CC(C)N(CC2CCNCC2)C(C)C1. The van der Waals surface area contributed by atoms with Gasteiger partial charge in [0.25, 0.3) is 0 Å². The molecule has 2 aliphatic rings. The van der Waals surface area contributed by atoms with Gasteiger partial charge >= 0.3 is 0 Å². The van der Waals surface area contributed by atoms with Crippen LogP contribution in [-0.4, -0.2) is 60.6 Å². The Morgan fingerprint density at radius 1 is 1.06 bits per heavy atom. The minimum Gasteiger partial charge on any atom is -0.317 e. The second kappa shape index (κ2) is 6.36. The van der Waals surface area contributed by atoms with Crippen LogP contribution in [0.2, 0.25) is 0 Å². The quantitative estimate of drug-likeness (QED) is 0.827. The van der Waals surface area contributed by atoms with E-state index >= 15 is 0 Å². The summed E-state index contributed by atoms with van der Waals surface area (Å²) in [7, 11) is 0. The van der Waals surface area contributed by atoms with Gasteiger partial charge in [-0.15, -0.1) is 0 Å². The number of hydrogen-bond donors (Lipinski definition) is 1. The molecule has 0 spiro atoms. The summed E-state index contributed by atoms with van der Waals surface area (Å²) in [6.07, 6.45) is 2.73. The summed E-state index contributed by atoms with van der Waals surface area (Å²) in [4.78, 5) is 5.39. The van der Waals surface area contributed by atoms with Crippen molar-refractivity contribution < 1.29 is 0 Å². The Balaban J connectivity index is 1.88. The molecule has 0 aromatic rings. The molecule has 2 unspecified atom stereocenters. The summed E-state index contributed by atoms with van der Waals surface area (Å²) in [6.45, 7) is 15.7. The Morgan fingerprint density at radius 3 is 2.11 bits per heavy atom. The summed E-state index contributed by atoms with van der Waals surface area (Å²) in [6, 6.07) is 2.12. The maximum absolute atomic E-state index is 3.47. The van der Waals surface area contributed by atoms with Gasteiger partial charge in [0.15, 0.2) is 0 Å². The summed E-state index contributed by atoms with van der Waals surface area (Å²) in [5.74, 6) is 0.918. The van der Waals surface area contributed by atoms with Crippen molar-refractivity contribution in [3.63, 3.8) is 0 Å². The molecule has 2 atom stereocenters. The first-order valence-corrected chi connectivity index (χ1v) is 7.78. The van der Waals surface area contributed by atoms with Crippen LogP contribution in [0.4, 0.5) is 0 Å². The zero-order valence-electron chi connectivity index (χ0n) is 12.7. The summed E-state index contributed by atoms with van der Waals surface area (Å²) in [5, 5.41) is 3.47. The monoisotopic (exact) mass is 253 g/mol. The molecule has 0 aromatic heterocycles. The maximum atomic E-state index is 3.47. The largest absolute Gasteiger partial charge is 0.317 e. The van der Waals surface area contributed by atoms with Gasteiger partial charge in [-0.1, -0.05) is 0 Å². The summed E-state index contributed by atoms with van der Waals surface area (Å²) in [5.41, 5.74) is 0. The second-order valence-corrected chi connectivity index (χ2v) is 6.64. The number of piperidine rings is 1. The third kappa shape index (κ3) is 3.46. The van der Waals surface area contributed by atoms with E-state index in [2.05, 4.69) is 42.8 Å². The molecule has 0 radical (unpaired) electrons. The van der Waals surface area contributed by atoms with Crippen LogP contribution < -0.4 is 5.32 Å². The predicted molar refractivity (Wildman–Crippen MR) is 77.9 cm³/mol. The van der Waals surface area contributed by atoms with E-state index in [0.717, 1.165) is 5.92 Å². The van der Waals surface area contributed by atoms with Crippen LogP contribution in [-0.2, 0) is 0 Å². The van der Waals surface area contributed by atoms with Crippen molar-refractivity contribution >= 4 is 0 Å². The first kappa shape index (κ1) is 14.3. The van der Waals surface area contributed by atoms with Gasteiger partial charge in [-0.2, -0.15) is 0 Å². The van der Waals surface area contributed by atoms with Crippen LogP contribution in [0.15, 0.2) is 0 Å². The molecule has 0 amide bonds. The lowest BCUT2D eigenvalue weighted by molar-refractivity contribution is 0.0109. The Kier molecular flexibility index (Phi) is 5.05. The van der Waals surface area contributed by atoms with Gasteiger partial charge in [0.2, 0.25) is 0 Å². The molecule has 0 aliphatic carbocycles. The summed E-state index contributed by atoms with van der Waals surface area (Å²) >= 11 is 0. The van der Waals surface area contributed by atoms with Crippen molar-refractivity contribution in [1.82, 2.24) is 15.1 Å². The van der Waals surface area contributed by atoms with Crippen LogP contribution >= 0.6 is 0 Å². The molecule has 0 bridgehead atoms. The van der Waals surface area contributed by atoms with Gasteiger partial charge in [0.05, 0.1) is 0 Å². The highest BCUT2D eigenvalue weighted by atomic mass is 15.3. The van der Waals surface area contributed by atoms with Crippen molar-refractivity contribution in [3.05, 3.63) is 0 Å². The lowest BCUT2D eigenvalue weighted by Crippen LogP contribution is -2.59. The van der Waals surface area contributed by atoms with Crippen molar-refractivity contribution in [1.29, 1.82) is 0 Å². The van der Waals surface area contributed by atoms with Crippen molar-refractivity contribution in [2.75, 3.05) is 32.7 Å². The molecule has 106 valence electrons. The minimum absolute atomic E-state index is 0.691. The third-order valence-electron chi connectivity index (χ3n) is 4.79. The first-order valence-electron chi connectivity index (χ1n) is 7.78.